The Morgan fingerprint density at radius 2 is 2.13 bits per heavy atom. The normalized spacial score (nSPS) is 10.2. The van der Waals surface area contributed by atoms with Crippen LogP contribution >= 0.6 is 11.3 Å². The second-order valence-electron chi connectivity index (χ2n) is 3.02. The van der Waals surface area contributed by atoms with Gasteiger partial charge in [0, 0.05) is 11.6 Å². The van der Waals surface area contributed by atoms with Crippen LogP contribution in [-0.4, -0.2) is 11.4 Å². The monoisotopic (exact) mass is 222 g/mol. The fraction of sp³-hybridized carbons (Fsp3) is 0. The van der Waals surface area contributed by atoms with Gasteiger partial charge in [-0.1, -0.05) is 0 Å². The molecule has 1 N–H and O–H groups in total. The smallest absolute Gasteiger partial charge is 0.160 e. The number of benzene rings is 1. The molecule has 76 valence electrons. The van der Waals surface area contributed by atoms with Crippen LogP contribution in [0.5, 0.6) is 5.75 Å². The van der Waals surface area contributed by atoms with E-state index in [1.807, 2.05) is 0 Å². The molecule has 0 amide bonds. The molecule has 2 rings (SSSR count). The summed E-state index contributed by atoms with van der Waals surface area (Å²) in [6, 6.07) is 5.57. The van der Waals surface area contributed by atoms with E-state index in [9.17, 15) is 9.18 Å². The Kier molecular flexibility index (Phi) is 2.51. The Labute approximate surface area is 89.6 Å². The van der Waals surface area contributed by atoms with Crippen LogP contribution in [-0.2, 0) is 0 Å². The minimum Gasteiger partial charge on any atom is -0.508 e. The van der Waals surface area contributed by atoms with E-state index in [-0.39, 0.29) is 5.75 Å². The third kappa shape index (κ3) is 1.89. The first-order chi connectivity index (χ1) is 7.20. The molecule has 0 saturated heterocycles. The summed E-state index contributed by atoms with van der Waals surface area (Å²) in [4.78, 5) is 11.0. The van der Waals surface area contributed by atoms with Gasteiger partial charge < -0.3 is 5.11 Å². The van der Waals surface area contributed by atoms with Crippen molar-refractivity contribution in [1.82, 2.24) is 0 Å². The van der Waals surface area contributed by atoms with E-state index >= 15 is 0 Å². The Bertz CT molecular complexity index is 505. The molecule has 0 radical (unpaired) electrons. The molecule has 0 aliphatic heterocycles. The van der Waals surface area contributed by atoms with Crippen LogP contribution in [0, 0.1) is 5.82 Å². The van der Waals surface area contributed by atoms with Crippen LogP contribution in [0.1, 0.15) is 9.67 Å². The van der Waals surface area contributed by atoms with Crippen molar-refractivity contribution in [2.75, 3.05) is 0 Å². The number of phenolic OH excluding ortho intramolecular Hbond substituents is 1. The molecule has 0 saturated carbocycles. The summed E-state index contributed by atoms with van der Waals surface area (Å²) in [5, 5.41) is 10.7. The van der Waals surface area contributed by atoms with Gasteiger partial charge in [0.1, 0.15) is 11.6 Å². The number of phenols is 1. The first kappa shape index (κ1) is 9.86. The predicted molar refractivity (Wildman–Crippen MR) is 56.8 cm³/mol. The Balaban J connectivity index is 2.49. The first-order valence-electron chi connectivity index (χ1n) is 4.23. The minimum atomic E-state index is -0.495. The summed E-state index contributed by atoms with van der Waals surface area (Å²) in [6.45, 7) is 0. The lowest BCUT2D eigenvalue weighted by Gasteiger charge is -2.00. The Morgan fingerprint density at radius 3 is 2.73 bits per heavy atom. The SMILES string of the molecule is O=Cc1cc(-c2ccc(O)cc2F)cs1. The molecule has 2 aromatic rings. The second-order valence-corrected chi connectivity index (χ2v) is 3.96. The molecule has 0 spiro atoms. The van der Waals surface area contributed by atoms with E-state index in [2.05, 4.69) is 0 Å². The molecule has 0 bridgehead atoms. The van der Waals surface area contributed by atoms with Crippen molar-refractivity contribution in [2.24, 2.45) is 0 Å². The van der Waals surface area contributed by atoms with Crippen LogP contribution in [0.25, 0.3) is 11.1 Å². The molecule has 1 heterocycles. The van der Waals surface area contributed by atoms with E-state index in [0.29, 0.717) is 16.0 Å². The summed E-state index contributed by atoms with van der Waals surface area (Å²) in [5.74, 6) is -0.604. The van der Waals surface area contributed by atoms with E-state index < -0.39 is 5.82 Å². The van der Waals surface area contributed by atoms with Gasteiger partial charge in [-0.05, 0) is 29.1 Å². The molecular formula is C11H7FO2S. The molecule has 1 aromatic carbocycles. The lowest BCUT2D eigenvalue weighted by molar-refractivity contribution is 0.112. The van der Waals surface area contributed by atoms with Gasteiger partial charge in [-0.15, -0.1) is 11.3 Å². The predicted octanol–water partition coefficient (Wildman–Crippen LogP) is 3.07. The number of aldehydes is 1. The zero-order valence-electron chi connectivity index (χ0n) is 7.61. The van der Waals surface area contributed by atoms with Crippen LogP contribution in [0.4, 0.5) is 4.39 Å². The van der Waals surface area contributed by atoms with E-state index in [1.165, 1.54) is 23.5 Å². The average Bonchev–Trinajstić information content (AvgIpc) is 2.66. The van der Waals surface area contributed by atoms with Crippen molar-refractivity contribution in [1.29, 1.82) is 0 Å². The quantitative estimate of drug-likeness (QED) is 0.793. The fourth-order valence-corrected chi connectivity index (χ4v) is 2.00. The number of halogens is 1. The molecule has 0 fully saturated rings. The maximum Gasteiger partial charge on any atom is 0.160 e. The van der Waals surface area contributed by atoms with Crippen molar-refractivity contribution in [3.63, 3.8) is 0 Å². The Hall–Kier alpha value is -1.68. The zero-order valence-corrected chi connectivity index (χ0v) is 8.42. The molecule has 0 unspecified atom stereocenters. The molecule has 15 heavy (non-hydrogen) atoms. The van der Waals surface area contributed by atoms with Gasteiger partial charge in [0.25, 0.3) is 0 Å². The molecule has 1 aromatic heterocycles. The van der Waals surface area contributed by atoms with Gasteiger partial charge in [0.2, 0.25) is 0 Å². The molecule has 4 heteroatoms. The number of rotatable bonds is 2. The van der Waals surface area contributed by atoms with Crippen LogP contribution < -0.4 is 0 Å². The highest BCUT2D eigenvalue weighted by molar-refractivity contribution is 7.12. The number of aromatic hydroxyl groups is 1. The van der Waals surface area contributed by atoms with Crippen molar-refractivity contribution in [3.8, 4) is 16.9 Å². The summed E-state index contributed by atoms with van der Waals surface area (Å²) < 4.78 is 13.4. The van der Waals surface area contributed by atoms with Crippen molar-refractivity contribution in [3.05, 3.63) is 40.3 Å². The minimum absolute atomic E-state index is 0.109. The number of hydrogen-bond donors (Lipinski definition) is 1. The van der Waals surface area contributed by atoms with Crippen molar-refractivity contribution < 1.29 is 14.3 Å². The lowest BCUT2D eigenvalue weighted by Crippen LogP contribution is -1.81. The highest BCUT2D eigenvalue weighted by Crippen LogP contribution is 2.28. The average molecular weight is 222 g/mol. The molecular weight excluding hydrogens is 215 g/mol. The lowest BCUT2D eigenvalue weighted by atomic mass is 10.1. The van der Waals surface area contributed by atoms with Crippen LogP contribution in [0.3, 0.4) is 0 Å². The van der Waals surface area contributed by atoms with E-state index in [1.54, 1.807) is 11.4 Å². The van der Waals surface area contributed by atoms with Gasteiger partial charge in [0.05, 0.1) is 4.88 Å². The summed E-state index contributed by atoms with van der Waals surface area (Å²) in [7, 11) is 0. The highest BCUT2D eigenvalue weighted by atomic mass is 32.1. The van der Waals surface area contributed by atoms with Gasteiger partial charge in [0.15, 0.2) is 6.29 Å². The fourth-order valence-electron chi connectivity index (χ4n) is 1.29. The second kappa shape index (κ2) is 3.82. The Morgan fingerprint density at radius 1 is 1.33 bits per heavy atom. The number of hydrogen-bond acceptors (Lipinski definition) is 3. The largest absolute Gasteiger partial charge is 0.508 e. The van der Waals surface area contributed by atoms with Gasteiger partial charge in [-0.25, -0.2) is 4.39 Å². The topological polar surface area (TPSA) is 37.3 Å². The van der Waals surface area contributed by atoms with Crippen LogP contribution in [0.2, 0.25) is 0 Å². The van der Waals surface area contributed by atoms with E-state index in [4.69, 9.17) is 5.11 Å². The van der Waals surface area contributed by atoms with Crippen LogP contribution in [0.15, 0.2) is 29.6 Å². The van der Waals surface area contributed by atoms with Crippen molar-refractivity contribution in [2.45, 2.75) is 0 Å². The number of carbonyl (C=O) groups is 1. The third-order valence-corrected chi connectivity index (χ3v) is 2.86. The zero-order chi connectivity index (χ0) is 10.8. The number of carbonyl (C=O) groups excluding carboxylic acids is 1. The van der Waals surface area contributed by atoms with Gasteiger partial charge in [-0.3, -0.25) is 4.79 Å². The maximum absolute atomic E-state index is 13.4. The standard InChI is InChI=1S/C11H7FO2S/c12-11-4-8(14)1-2-10(11)7-3-9(5-13)15-6-7/h1-6,14H. The van der Waals surface area contributed by atoms with Gasteiger partial charge >= 0.3 is 0 Å². The number of thiophene rings is 1. The molecule has 2 nitrogen and oxygen atoms in total. The highest BCUT2D eigenvalue weighted by Gasteiger charge is 2.07. The summed E-state index contributed by atoms with van der Waals surface area (Å²) >= 11 is 1.26. The summed E-state index contributed by atoms with van der Waals surface area (Å²) in [5.41, 5.74) is 1.04. The van der Waals surface area contributed by atoms with E-state index in [0.717, 1.165) is 12.4 Å². The summed E-state index contributed by atoms with van der Waals surface area (Å²) in [6.07, 6.45) is 0.729. The molecule has 0 atom stereocenters. The third-order valence-electron chi connectivity index (χ3n) is 2.00. The van der Waals surface area contributed by atoms with Crippen molar-refractivity contribution >= 4 is 17.6 Å². The molecule has 0 aliphatic carbocycles. The first-order valence-corrected chi connectivity index (χ1v) is 5.11. The van der Waals surface area contributed by atoms with Gasteiger partial charge in [-0.2, -0.15) is 0 Å². The molecule has 0 aliphatic rings. The maximum atomic E-state index is 13.4.